The van der Waals surface area contributed by atoms with Crippen molar-refractivity contribution in [3.05, 3.63) is 71.5 Å². The largest absolute Gasteiger partial charge is 0.416 e. The molecule has 1 amide bonds. The van der Waals surface area contributed by atoms with Crippen molar-refractivity contribution in [3.8, 4) is 11.3 Å². The van der Waals surface area contributed by atoms with Crippen LogP contribution in [0.2, 0.25) is 0 Å². The van der Waals surface area contributed by atoms with Gasteiger partial charge in [0.25, 0.3) is 5.91 Å². The number of hydrogen-bond acceptors (Lipinski definition) is 5. The number of anilines is 2. The average molecular weight is 527 g/mol. The minimum absolute atomic E-state index is 0.0474. The number of aryl methyl sites for hydroxylation is 1. The van der Waals surface area contributed by atoms with Crippen molar-refractivity contribution in [2.24, 2.45) is 5.41 Å². The summed E-state index contributed by atoms with van der Waals surface area (Å²) in [4.78, 5) is 15.0. The number of rotatable bonds is 7. The van der Waals surface area contributed by atoms with Crippen molar-refractivity contribution in [1.29, 1.82) is 0 Å². The molecule has 3 aromatic rings. The summed E-state index contributed by atoms with van der Waals surface area (Å²) < 4.78 is 46.3. The van der Waals surface area contributed by atoms with E-state index in [0.717, 1.165) is 36.1 Å². The standard InChI is InChI=1S/C29H33F3N4O2/c1-18-8-9-22(15-24(18)25-16-26(38-35-25)19(2)33-17-28(3,4)5)34-27(37)20-12-21(29(30,31)32)14-23(13-20)36-10-6-7-11-36/h8-9,12-16,33H,2,6-7,10-11,17H2,1,3-5H3,(H,34,37). The Balaban J connectivity index is 1.56. The van der Waals surface area contributed by atoms with E-state index in [1.54, 1.807) is 18.2 Å². The minimum Gasteiger partial charge on any atom is -0.382 e. The number of aromatic nitrogens is 1. The second-order valence-electron chi connectivity index (χ2n) is 10.9. The molecule has 0 unspecified atom stereocenters. The van der Waals surface area contributed by atoms with Crippen molar-refractivity contribution in [2.45, 2.75) is 46.7 Å². The van der Waals surface area contributed by atoms with Crippen LogP contribution in [-0.4, -0.2) is 30.7 Å². The third kappa shape index (κ3) is 6.57. The summed E-state index contributed by atoms with van der Waals surface area (Å²) in [5.74, 6) is -0.122. The first-order valence-corrected chi connectivity index (χ1v) is 12.6. The predicted molar refractivity (Wildman–Crippen MR) is 144 cm³/mol. The van der Waals surface area contributed by atoms with E-state index in [1.165, 1.54) is 6.07 Å². The molecule has 1 aliphatic heterocycles. The Morgan fingerprint density at radius 3 is 2.45 bits per heavy atom. The highest BCUT2D eigenvalue weighted by Crippen LogP contribution is 2.34. The maximum Gasteiger partial charge on any atom is 0.416 e. The molecule has 2 heterocycles. The average Bonchev–Trinajstić information content (AvgIpc) is 3.55. The zero-order valence-electron chi connectivity index (χ0n) is 22.1. The van der Waals surface area contributed by atoms with Gasteiger partial charge < -0.3 is 20.1 Å². The van der Waals surface area contributed by atoms with Gasteiger partial charge in [-0.05, 0) is 61.1 Å². The molecule has 0 saturated carbocycles. The van der Waals surface area contributed by atoms with E-state index in [4.69, 9.17) is 4.52 Å². The Bertz CT molecular complexity index is 1330. The molecular formula is C29H33F3N4O2. The quantitative estimate of drug-likeness (QED) is 0.343. The molecule has 1 aliphatic rings. The third-order valence-electron chi connectivity index (χ3n) is 6.39. The van der Waals surface area contributed by atoms with Gasteiger partial charge in [-0.2, -0.15) is 13.2 Å². The normalized spacial score (nSPS) is 14.0. The van der Waals surface area contributed by atoms with E-state index in [0.29, 0.717) is 48.2 Å². The summed E-state index contributed by atoms with van der Waals surface area (Å²) in [5.41, 5.74) is 2.80. The fourth-order valence-corrected chi connectivity index (χ4v) is 4.25. The van der Waals surface area contributed by atoms with Gasteiger partial charge in [0.1, 0.15) is 5.69 Å². The van der Waals surface area contributed by atoms with Gasteiger partial charge >= 0.3 is 6.18 Å². The molecule has 0 atom stereocenters. The number of amides is 1. The first-order valence-electron chi connectivity index (χ1n) is 12.6. The Morgan fingerprint density at radius 1 is 1.08 bits per heavy atom. The number of benzene rings is 2. The highest BCUT2D eigenvalue weighted by Gasteiger charge is 2.32. The molecule has 0 spiro atoms. The predicted octanol–water partition coefficient (Wildman–Crippen LogP) is 7.13. The molecular weight excluding hydrogens is 493 g/mol. The molecule has 6 nitrogen and oxygen atoms in total. The van der Waals surface area contributed by atoms with Gasteiger partial charge in [0.15, 0.2) is 5.76 Å². The molecule has 0 aliphatic carbocycles. The van der Waals surface area contributed by atoms with E-state index >= 15 is 0 Å². The van der Waals surface area contributed by atoms with E-state index in [9.17, 15) is 18.0 Å². The maximum absolute atomic E-state index is 13.6. The van der Waals surface area contributed by atoms with Crippen molar-refractivity contribution in [3.63, 3.8) is 0 Å². The van der Waals surface area contributed by atoms with Gasteiger partial charge in [0, 0.05) is 48.2 Å². The number of alkyl halides is 3. The molecule has 38 heavy (non-hydrogen) atoms. The van der Waals surface area contributed by atoms with Crippen molar-refractivity contribution >= 4 is 23.0 Å². The van der Waals surface area contributed by atoms with Crippen LogP contribution in [0.25, 0.3) is 17.0 Å². The van der Waals surface area contributed by atoms with Crippen LogP contribution in [0.4, 0.5) is 24.5 Å². The Kier molecular flexibility index (Phi) is 7.58. The van der Waals surface area contributed by atoms with Crippen LogP contribution in [0.5, 0.6) is 0 Å². The van der Waals surface area contributed by atoms with Crippen LogP contribution < -0.4 is 15.5 Å². The summed E-state index contributed by atoms with van der Waals surface area (Å²) in [6.07, 6.45) is -2.74. The number of carbonyl (C=O) groups excluding carboxylic acids is 1. The lowest BCUT2D eigenvalue weighted by Gasteiger charge is -2.20. The highest BCUT2D eigenvalue weighted by atomic mass is 19.4. The van der Waals surface area contributed by atoms with Crippen LogP contribution in [0.3, 0.4) is 0 Å². The van der Waals surface area contributed by atoms with Crippen LogP contribution >= 0.6 is 0 Å². The lowest BCUT2D eigenvalue weighted by molar-refractivity contribution is -0.137. The van der Waals surface area contributed by atoms with Crippen molar-refractivity contribution in [2.75, 3.05) is 29.9 Å². The lowest BCUT2D eigenvalue weighted by atomic mass is 9.97. The molecule has 4 rings (SSSR count). The monoisotopic (exact) mass is 526 g/mol. The number of nitrogens with one attached hydrogen (secondary N) is 2. The zero-order valence-corrected chi connectivity index (χ0v) is 22.1. The maximum atomic E-state index is 13.6. The third-order valence-corrected chi connectivity index (χ3v) is 6.39. The lowest BCUT2D eigenvalue weighted by Crippen LogP contribution is -2.25. The first kappa shape index (κ1) is 27.3. The summed E-state index contributed by atoms with van der Waals surface area (Å²) >= 11 is 0. The Hall–Kier alpha value is -3.75. The van der Waals surface area contributed by atoms with Crippen LogP contribution in [0.15, 0.2) is 53.6 Å². The number of nitrogens with zero attached hydrogens (tertiary/aromatic N) is 2. The van der Waals surface area contributed by atoms with Gasteiger partial charge in [0.05, 0.1) is 11.3 Å². The molecule has 1 saturated heterocycles. The van der Waals surface area contributed by atoms with Gasteiger partial charge in [0.2, 0.25) is 0 Å². The summed E-state index contributed by atoms with van der Waals surface area (Å²) in [7, 11) is 0. The second kappa shape index (κ2) is 10.6. The molecule has 1 aromatic heterocycles. The SMILES string of the molecule is C=C(NCC(C)(C)C)c1cc(-c2cc(NC(=O)c3cc(N4CCCC4)cc(C(F)(F)F)c3)ccc2C)no1. The minimum atomic E-state index is -4.56. The molecule has 0 radical (unpaired) electrons. The zero-order chi connectivity index (χ0) is 27.7. The van der Waals surface area contributed by atoms with Crippen molar-refractivity contribution in [1.82, 2.24) is 10.5 Å². The number of carbonyl (C=O) groups is 1. The molecule has 202 valence electrons. The fourth-order valence-electron chi connectivity index (χ4n) is 4.25. The van der Waals surface area contributed by atoms with E-state index in [1.807, 2.05) is 17.9 Å². The van der Waals surface area contributed by atoms with Gasteiger partial charge in [-0.1, -0.05) is 38.6 Å². The summed E-state index contributed by atoms with van der Waals surface area (Å²) in [6, 6.07) is 10.5. The molecule has 1 fully saturated rings. The van der Waals surface area contributed by atoms with Crippen LogP contribution in [0, 0.1) is 12.3 Å². The first-order chi connectivity index (χ1) is 17.8. The number of halogens is 3. The molecule has 9 heteroatoms. The highest BCUT2D eigenvalue weighted by molar-refractivity contribution is 6.05. The molecule has 0 bridgehead atoms. The Morgan fingerprint density at radius 2 is 1.79 bits per heavy atom. The fraction of sp³-hybridized carbons (Fsp3) is 0.379. The van der Waals surface area contributed by atoms with Gasteiger partial charge in [-0.25, -0.2) is 0 Å². The second-order valence-corrected chi connectivity index (χ2v) is 10.9. The number of hydrogen-bond donors (Lipinski definition) is 2. The Labute approximate surface area is 220 Å². The summed E-state index contributed by atoms with van der Waals surface area (Å²) in [6.45, 7) is 14.3. The molecule has 2 aromatic carbocycles. The van der Waals surface area contributed by atoms with Gasteiger partial charge in [-0.15, -0.1) is 0 Å². The summed E-state index contributed by atoms with van der Waals surface area (Å²) in [5, 5.41) is 10.2. The van der Waals surface area contributed by atoms with Crippen molar-refractivity contribution < 1.29 is 22.5 Å². The van der Waals surface area contributed by atoms with E-state index in [2.05, 4.69) is 43.1 Å². The van der Waals surface area contributed by atoms with Gasteiger partial charge in [-0.3, -0.25) is 4.79 Å². The smallest absolute Gasteiger partial charge is 0.382 e. The van der Waals surface area contributed by atoms with E-state index < -0.39 is 17.6 Å². The van der Waals surface area contributed by atoms with E-state index in [-0.39, 0.29) is 11.0 Å². The topological polar surface area (TPSA) is 70.4 Å². The van der Waals surface area contributed by atoms with Crippen LogP contribution in [-0.2, 0) is 6.18 Å². The van der Waals surface area contributed by atoms with Crippen LogP contribution in [0.1, 0.15) is 60.9 Å². The molecule has 2 N–H and O–H groups in total.